The number of hydrogen-bond acceptors (Lipinski definition) is 8. The highest BCUT2D eigenvalue weighted by atomic mass is 35.5. The Morgan fingerprint density at radius 3 is 1.83 bits per heavy atom. The third kappa shape index (κ3) is 7.57. The number of anilines is 2. The molecule has 2 aromatic heterocycles. The second-order valence-electron chi connectivity index (χ2n) is 19.8. The molecule has 2 aliphatic heterocycles. The van der Waals surface area contributed by atoms with E-state index in [2.05, 4.69) is 30.4 Å². The molecule has 4 aliphatic carbocycles. The molecule has 3 N–H and O–H groups in total. The summed E-state index contributed by atoms with van der Waals surface area (Å²) < 4.78 is 112. The number of ether oxygens (including phenoxy) is 1. The lowest BCUT2D eigenvalue weighted by atomic mass is 9.80. The van der Waals surface area contributed by atoms with Gasteiger partial charge < -0.3 is 29.6 Å². The van der Waals surface area contributed by atoms with Crippen LogP contribution in [0.25, 0.3) is 11.1 Å². The first-order valence-electron chi connectivity index (χ1n) is 28.6. The normalized spacial score (nSPS) is 30.3. The van der Waals surface area contributed by atoms with Crippen LogP contribution in [-0.4, -0.2) is 91.7 Å². The van der Waals surface area contributed by atoms with Gasteiger partial charge in [0, 0.05) is 90.9 Å². The van der Waals surface area contributed by atoms with Gasteiger partial charge in [-0.25, -0.2) is 9.97 Å². The first kappa shape index (κ1) is 31.4. The van der Waals surface area contributed by atoms with Crippen molar-refractivity contribution in [2.75, 3.05) is 50.5 Å². The predicted molar refractivity (Wildman–Crippen MR) is 247 cm³/mol. The number of aromatic nitrogens is 4. The summed E-state index contributed by atoms with van der Waals surface area (Å²) in [6.45, 7) is -0.602. The minimum absolute atomic E-state index is 0.0718. The Morgan fingerprint density at radius 2 is 1.28 bits per heavy atom. The quantitative estimate of drug-likeness (QED) is 0.114. The number of aliphatic carboxylic acids is 1. The number of fused-ring (bicyclic) bond motifs is 6. The third-order valence-electron chi connectivity index (χ3n) is 16.2. The molecular weight excluding hydrogens is 828 g/mol. The second kappa shape index (κ2) is 16.4. The van der Waals surface area contributed by atoms with Crippen LogP contribution >= 0.6 is 11.6 Å². The van der Waals surface area contributed by atoms with E-state index in [-0.39, 0.29) is 46.0 Å². The Hall–Kier alpha value is -4.56. The molecule has 14 heteroatoms. The summed E-state index contributed by atoms with van der Waals surface area (Å²) in [7, 11) is 1.75. The van der Waals surface area contributed by atoms with E-state index in [4.69, 9.17) is 32.8 Å². The van der Waals surface area contributed by atoms with Crippen LogP contribution in [-0.2, 0) is 49.4 Å². The number of nitrogens with zero attached hydrogens (tertiary/aromatic N) is 6. The predicted octanol–water partition coefficient (Wildman–Crippen LogP) is 8.42. The number of imidazole rings is 2. The average Bonchev–Trinajstić information content (AvgIpc) is 4.26. The summed E-state index contributed by atoms with van der Waals surface area (Å²) in [5.74, 6) is -3.82. The molecule has 4 bridgehead atoms. The van der Waals surface area contributed by atoms with E-state index in [0.29, 0.717) is 74.6 Å². The molecule has 4 fully saturated rings. The van der Waals surface area contributed by atoms with Crippen molar-refractivity contribution in [3.05, 3.63) is 81.3 Å². The monoisotopic (exact) mass is 903 g/mol. The second-order valence-corrected chi connectivity index (χ2v) is 20.2. The van der Waals surface area contributed by atoms with Crippen molar-refractivity contribution in [3.63, 3.8) is 0 Å². The number of rotatable bonds is 14. The fourth-order valence-corrected chi connectivity index (χ4v) is 12.7. The van der Waals surface area contributed by atoms with Gasteiger partial charge in [-0.1, -0.05) is 35.8 Å². The van der Waals surface area contributed by atoms with Gasteiger partial charge in [0.1, 0.15) is 0 Å². The van der Waals surface area contributed by atoms with Crippen LogP contribution in [0.5, 0.6) is 0 Å². The number of methoxy groups -OCH3 is 1. The van der Waals surface area contributed by atoms with Crippen LogP contribution in [0, 0.1) is 28.6 Å². The van der Waals surface area contributed by atoms with E-state index in [9.17, 15) is 19.5 Å². The first-order valence-corrected chi connectivity index (χ1v) is 23.0. The summed E-state index contributed by atoms with van der Waals surface area (Å²) in [5, 5.41) is 14.4. The van der Waals surface area contributed by atoms with Gasteiger partial charge in [0.2, 0.25) is 0 Å². The summed E-state index contributed by atoms with van der Waals surface area (Å²) in [6, 6.07) is -4.15. The molecule has 0 saturated heterocycles. The number of carboxylic acid groups (broad SMARTS) is 1. The zero-order valence-electron chi connectivity index (χ0n) is 48.5. The maximum atomic E-state index is 14.4. The Labute approximate surface area is 398 Å². The molecular formula is C50H63ClN8O5. The fraction of sp³-hybridized carbons (Fsp3) is 0.580. The van der Waals surface area contributed by atoms with Crippen molar-refractivity contribution < 1.29 is 40.7 Å². The van der Waals surface area contributed by atoms with Crippen molar-refractivity contribution in [3.8, 4) is 11.1 Å². The van der Waals surface area contributed by atoms with Crippen LogP contribution in [0.4, 0.5) is 11.4 Å². The Bertz CT molecular complexity index is 3070. The van der Waals surface area contributed by atoms with Crippen molar-refractivity contribution >= 4 is 40.8 Å². The van der Waals surface area contributed by atoms with Crippen molar-refractivity contribution in [2.45, 2.75) is 110 Å². The highest BCUT2D eigenvalue weighted by molar-refractivity contribution is 6.36. The van der Waals surface area contributed by atoms with Gasteiger partial charge in [0.05, 0.1) is 42.3 Å². The largest absolute Gasteiger partial charge is 0.481 e. The molecule has 4 heterocycles. The fourth-order valence-electron chi connectivity index (χ4n) is 12.4. The van der Waals surface area contributed by atoms with E-state index in [0.717, 1.165) is 80.1 Å². The van der Waals surface area contributed by atoms with E-state index in [1.54, 1.807) is 7.11 Å². The smallest absolute Gasteiger partial charge is 0.309 e. The van der Waals surface area contributed by atoms with Crippen LogP contribution in [0.2, 0.25) is 5.02 Å². The number of halogens is 1. The van der Waals surface area contributed by atoms with Gasteiger partial charge in [-0.05, 0) is 137 Å². The van der Waals surface area contributed by atoms with Gasteiger partial charge in [-0.3, -0.25) is 24.2 Å². The average molecular weight is 904 g/mol. The lowest BCUT2D eigenvalue weighted by Gasteiger charge is -2.32. The van der Waals surface area contributed by atoms with E-state index in [1.807, 2.05) is 0 Å². The number of benzene rings is 2. The molecule has 13 nitrogen and oxygen atoms in total. The SMILES string of the molecule is [2H]c1c([2H])c(NC(=O)c2nc3c(n2C([2H])([2H])[2H])CCN(CCC24CCC(COC)(CC2)C4)C3)c(C)c(-c2c([2H])c([2H])c([2H])c(NC(=O)c3nc4c(n3C([2H])([2H])[2H])CCN(CCC35CCC(C(=O)O)(CC3)C5)C4)c2Cl)c1[2H]. The lowest BCUT2D eigenvalue weighted by Crippen LogP contribution is -2.34. The first-order chi connectivity index (χ1) is 35.7. The van der Waals surface area contributed by atoms with Crippen LogP contribution < -0.4 is 10.6 Å². The summed E-state index contributed by atoms with van der Waals surface area (Å²) in [6.07, 6.45) is 11.6. The maximum absolute atomic E-state index is 14.4. The molecule has 6 aliphatic rings. The summed E-state index contributed by atoms with van der Waals surface area (Å²) in [4.78, 5) is 54.2. The van der Waals surface area contributed by atoms with E-state index in [1.165, 1.54) is 6.92 Å². The van der Waals surface area contributed by atoms with Crippen LogP contribution in [0.3, 0.4) is 0 Å². The highest BCUT2D eigenvalue weighted by Gasteiger charge is 2.58. The lowest BCUT2D eigenvalue weighted by molar-refractivity contribution is -0.148. The molecule has 0 unspecified atom stereocenters. The van der Waals surface area contributed by atoms with Crippen molar-refractivity contribution in [1.29, 1.82) is 0 Å². The molecule has 2 amide bonds. The number of carbonyl (C=O) groups is 3. The van der Waals surface area contributed by atoms with Gasteiger partial charge in [-0.15, -0.1) is 0 Å². The highest BCUT2D eigenvalue weighted by Crippen LogP contribution is 2.64. The number of carbonyl (C=O) groups excluding carboxylic acids is 2. The molecule has 4 aromatic rings. The molecule has 340 valence electrons. The molecule has 10 rings (SSSR count). The molecule has 4 saturated carbocycles. The van der Waals surface area contributed by atoms with Crippen LogP contribution in [0.1, 0.15) is 143 Å². The zero-order chi connectivity index (χ0) is 54.8. The van der Waals surface area contributed by atoms with Crippen molar-refractivity contribution in [2.24, 2.45) is 35.6 Å². The van der Waals surface area contributed by atoms with Gasteiger partial charge >= 0.3 is 5.97 Å². The standard InChI is InChI=1S/C50H63ClN8O5/c1-32-33(7-5-9-35(32)54-44(60)42-52-37-27-58(23-11-39(37)56(42)2)25-21-47-13-15-49(29-47,16-14-47)31-64-4)34-8-6-10-36(41(34)51)55-45(61)43-53-38-28-59(24-12-40(38)57(43)3)26-22-48-17-19-50(30-48,20-18-48)46(62)63/h5-10H,11-31H2,1-4H3,(H,54,60)(H,55,61)(H,62,63)/i2D3,3D3,5D,6D,7D,8D,9D,10D. The zero-order valence-corrected chi connectivity index (χ0v) is 37.2. The topological polar surface area (TPSA) is 147 Å². The molecule has 0 radical (unpaired) electrons. The molecule has 2 aromatic carbocycles. The number of hydrogen-bond donors (Lipinski definition) is 3. The Kier molecular flexibility index (Phi) is 8.04. The Balaban J connectivity index is 0.910. The summed E-state index contributed by atoms with van der Waals surface area (Å²) >= 11 is 7.00. The van der Waals surface area contributed by atoms with Gasteiger partial charge in [0.15, 0.2) is 11.6 Å². The van der Waals surface area contributed by atoms with E-state index >= 15 is 0 Å². The van der Waals surface area contributed by atoms with Crippen LogP contribution in [0.15, 0.2) is 36.3 Å². The number of carboxylic acids is 1. The molecule has 0 atom stereocenters. The van der Waals surface area contributed by atoms with Crippen molar-refractivity contribution in [1.82, 2.24) is 28.9 Å². The Morgan fingerprint density at radius 1 is 0.766 bits per heavy atom. The number of amides is 2. The van der Waals surface area contributed by atoms with E-state index < -0.39 is 101 Å². The molecule has 0 spiro atoms. The minimum Gasteiger partial charge on any atom is -0.481 e. The summed E-state index contributed by atoms with van der Waals surface area (Å²) in [5.41, 5.74) is -0.391. The minimum atomic E-state index is -2.88. The third-order valence-corrected chi connectivity index (χ3v) is 16.6. The maximum Gasteiger partial charge on any atom is 0.309 e. The van der Waals surface area contributed by atoms with Gasteiger partial charge in [0.25, 0.3) is 11.8 Å². The van der Waals surface area contributed by atoms with Gasteiger partial charge in [-0.2, -0.15) is 0 Å². The number of nitrogens with one attached hydrogen (secondary N) is 2. The molecule has 64 heavy (non-hydrogen) atoms.